The summed E-state index contributed by atoms with van der Waals surface area (Å²) in [5.41, 5.74) is 0.832. The van der Waals surface area contributed by atoms with Gasteiger partial charge in [0.05, 0.1) is 17.5 Å². The highest BCUT2D eigenvalue weighted by Gasteiger charge is 2.35. The maximum absolute atomic E-state index is 13.1. The van der Waals surface area contributed by atoms with Gasteiger partial charge in [0.15, 0.2) is 15.9 Å². The summed E-state index contributed by atoms with van der Waals surface area (Å²) < 4.78 is 30.4. The van der Waals surface area contributed by atoms with Gasteiger partial charge in [0.1, 0.15) is 5.75 Å². The van der Waals surface area contributed by atoms with Crippen molar-refractivity contribution in [3.8, 4) is 5.75 Å². The average molecular weight is 373 g/mol. The zero-order valence-electron chi connectivity index (χ0n) is 14.7. The first-order valence-corrected chi connectivity index (χ1v) is 10.6. The van der Waals surface area contributed by atoms with Gasteiger partial charge in [-0.1, -0.05) is 48.5 Å². The number of benzene rings is 2. The van der Waals surface area contributed by atoms with Gasteiger partial charge in [0.25, 0.3) is 5.91 Å². The van der Waals surface area contributed by atoms with E-state index in [-0.39, 0.29) is 17.4 Å². The Morgan fingerprint density at radius 3 is 2.35 bits per heavy atom. The molecule has 2 atom stereocenters. The number of hydrogen-bond donors (Lipinski definition) is 0. The molecule has 0 aliphatic carbocycles. The summed E-state index contributed by atoms with van der Waals surface area (Å²) in [5.74, 6) is 0.473. The Morgan fingerprint density at radius 2 is 1.69 bits per heavy atom. The third-order valence-electron chi connectivity index (χ3n) is 4.51. The van der Waals surface area contributed by atoms with Crippen LogP contribution in [-0.2, 0) is 14.6 Å². The van der Waals surface area contributed by atoms with Crippen molar-refractivity contribution < 1.29 is 17.9 Å². The molecular formula is C20H23NO4S. The Morgan fingerprint density at radius 1 is 1.08 bits per heavy atom. The van der Waals surface area contributed by atoms with Crippen molar-refractivity contribution in [2.24, 2.45) is 0 Å². The number of ether oxygens (including phenoxy) is 1. The van der Waals surface area contributed by atoms with Crippen molar-refractivity contribution in [1.82, 2.24) is 4.90 Å². The number of carbonyl (C=O) groups is 1. The van der Waals surface area contributed by atoms with Gasteiger partial charge < -0.3 is 9.64 Å². The van der Waals surface area contributed by atoms with E-state index in [0.717, 1.165) is 5.56 Å². The topological polar surface area (TPSA) is 63.7 Å². The maximum Gasteiger partial charge on any atom is 0.263 e. The Labute approximate surface area is 154 Å². The van der Waals surface area contributed by atoms with Crippen LogP contribution < -0.4 is 4.74 Å². The van der Waals surface area contributed by atoms with Gasteiger partial charge in [-0.15, -0.1) is 0 Å². The largest absolute Gasteiger partial charge is 0.481 e. The van der Waals surface area contributed by atoms with Crippen LogP contribution in [0.15, 0.2) is 60.7 Å². The number of rotatable bonds is 4. The van der Waals surface area contributed by atoms with Crippen molar-refractivity contribution in [1.29, 1.82) is 0 Å². The molecule has 1 aliphatic rings. The van der Waals surface area contributed by atoms with E-state index in [1.165, 1.54) is 0 Å². The average Bonchev–Trinajstić information content (AvgIpc) is 2.80. The normalized spacial score (nSPS) is 20.8. The highest BCUT2D eigenvalue weighted by atomic mass is 32.2. The fourth-order valence-corrected chi connectivity index (χ4v) is 4.82. The van der Waals surface area contributed by atoms with Crippen molar-refractivity contribution in [3.05, 3.63) is 66.2 Å². The summed E-state index contributed by atoms with van der Waals surface area (Å²) in [6.45, 7) is 2.11. The van der Waals surface area contributed by atoms with Crippen LogP contribution in [0.3, 0.4) is 0 Å². The van der Waals surface area contributed by atoms with Gasteiger partial charge >= 0.3 is 0 Å². The Kier molecular flexibility index (Phi) is 5.61. The molecule has 26 heavy (non-hydrogen) atoms. The van der Waals surface area contributed by atoms with Gasteiger partial charge in [-0.05, 0) is 31.0 Å². The molecule has 2 aromatic rings. The number of sulfone groups is 1. The fourth-order valence-electron chi connectivity index (χ4n) is 3.23. The van der Waals surface area contributed by atoms with Crippen LogP contribution in [0, 0.1) is 0 Å². The van der Waals surface area contributed by atoms with Gasteiger partial charge in [0.2, 0.25) is 0 Å². The van der Waals surface area contributed by atoms with E-state index in [9.17, 15) is 13.2 Å². The van der Waals surface area contributed by atoms with E-state index in [1.54, 1.807) is 24.0 Å². The third kappa shape index (κ3) is 4.43. The van der Waals surface area contributed by atoms with E-state index in [0.29, 0.717) is 18.7 Å². The van der Waals surface area contributed by atoms with Crippen LogP contribution in [0.1, 0.15) is 24.9 Å². The molecule has 3 rings (SSSR count). The molecule has 0 aromatic heterocycles. The second-order valence-electron chi connectivity index (χ2n) is 6.50. The number of hydrogen-bond acceptors (Lipinski definition) is 4. The molecule has 0 spiro atoms. The lowest BCUT2D eigenvalue weighted by Crippen LogP contribution is -2.43. The molecule has 0 saturated carbocycles. The van der Waals surface area contributed by atoms with Crippen LogP contribution in [0.5, 0.6) is 5.75 Å². The molecule has 1 heterocycles. The van der Waals surface area contributed by atoms with Crippen molar-refractivity contribution >= 4 is 15.7 Å². The number of amides is 1. The maximum atomic E-state index is 13.1. The predicted molar refractivity (Wildman–Crippen MR) is 101 cm³/mol. The van der Waals surface area contributed by atoms with E-state index >= 15 is 0 Å². The van der Waals surface area contributed by atoms with Crippen LogP contribution in [0.2, 0.25) is 0 Å². The lowest BCUT2D eigenvalue weighted by Gasteiger charge is -2.32. The lowest BCUT2D eigenvalue weighted by molar-refractivity contribution is -0.140. The quantitative estimate of drug-likeness (QED) is 0.827. The molecule has 0 N–H and O–H groups in total. The Balaban J connectivity index is 1.85. The minimum atomic E-state index is -3.20. The summed E-state index contributed by atoms with van der Waals surface area (Å²) in [6.07, 6.45) is -0.250. The minimum absolute atomic E-state index is 0.0548. The lowest BCUT2D eigenvalue weighted by atomic mass is 10.1. The molecular weight excluding hydrogens is 350 g/mol. The smallest absolute Gasteiger partial charge is 0.263 e. The summed E-state index contributed by atoms with van der Waals surface area (Å²) >= 11 is 0. The second-order valence-corrected chi connectivity index (χ2v) is 8.73. The third-order valence-corrected chi connectivity index (χ3v) is 6.25. The standard InChI is InChI=1S/C20H23NO4S/c1-16(25-18-11-6-3-7-12-18)20(22)21-13-8-14-26(23,24)15-19(21)17-9-4-2-5-10-17/h2-7,9-12,16,19H,8,13-15H2,1H3. The summed E-state index contributed by atoms with van der Waals surface area (Å²) in [7, 11) is -3.20. The van der Waals surface area contributed by atoms with Crippen molar-refractivity contribution in [2.45, 2.75) is 25.5 Å². The molecule has 1 saturated heterocycles. The molecule has 138 valence electrons. The molecule has 2 aromatic carbocycles. The SMILES string of the molecule is CC(Oc1ccccc1)C(=O)N1CCCS(=O)(=O)CC1c1ccccc1. The summed E-state index contributed by atoms with van der Waals surface area (Å²) in [6, 6.07) is 18.0. The highest BCUT2D eigenvalue weighted by Crippen LogP contribution is 2.27. The Hall–Kier alpha value is -2.34. The fraction of sp³-hybridized carbons (Fsp3) is 0.350. The molecule has 2 unspecified atom stereocenters. The van der Waals surface area contributed by atoms with Crippen LogP contribution in [-0.4, -0.2) is 43.4 Å². The van der Waals surface area contributed by atoms with E-state index in [2.05, 4.69) is 0 Å². The first kappa shape index (κ1) is 18.5. The molecule has 0 bridgehead atoms. The second kappa shape index (κ2) is 7.91. The van der Waals surface area contributed by atoms with Crippen LogP contribution in [0.25, 0.3) is 0 Å². The zero-order valence-corrected chi connectivity index (χ0v) is 15.6. The molecule has 1 amide bonds. The van der Waals surface area contributed by atoms with Crippen LogP contribution in [0.4, 0.5) is 0 Å². The molecule has 0 radical (unpaired) electrons. The van der Waals surface area contributed by atoms with Gasteiger partial charge in [-0.3, -0.25) is 4.79 Å². The summed E-state index contributed by atoms with van der Waals surface area (Å²) in [5, 5.41) is 0. The van der Waals surface area contributed by atoms with Gasteiger partial charge in [-0.25, -0.2) is 8.42 Å². The number of para-hydroxylation sites is 1. The first-order chi connectivity index (χ1) is 12.5. The molecule has 1 aliphatic heterocycles. The van der Waals surface area contributed by atoms with Crippen LogP contribution >= 0.6 is 0 Å². The predicted octanol–water partition coefficient (Wildman–Crippen LogP) is 2.84. The molecule has 5 nitrogen and oxygen atoms in total. The number of carbonyl (C=O) groups excluding carboxylic acids is 1. The monoisotopic (exact) mass is 373 g/mol. The van der Waals surface area contributed by atoms with E-state index < -0.39 is 22.0 Å². The minimum Gasteiger partial charge on any atom is -0.481 e. The van der Waals surface area contributed by atoms with Gasteiger partial charge in [0, 0.05) is 6.54 Å². The highest BCUT2D eigenvalue weighted by molar-refractivity contribution is 7.91. The van der Waals surface area contributed by atoms with Crippen molar-refractivity contribution in [2.75, 3.05) is 18.1 Å². The number of nitrogens with zero attached hydrogens (tertiary/aromatic N) is 1. The van der Waals surface area contributed by atoms with E-state index in [4.69, 9.17) is 4.74 Å². The Bertz CT molecular complexity index is 837. The van der Waals surface area contributed by atoms with Gasteiger partial charge in [-0.2, -0.15) is 0 Å². The zero-order chi connectivity index (χ0) is 18.6. The van der Waals surface area contributed by atoms with Crippen molar-refractivity contribution in [3.63, 3.8) is 0 Å². The summed E-state index contributed by atoms with van der Waals surface area (Å²) in [4.78, 5) is 14.7. The molecule has 6 heteroatoms. The molecule has 1 fully saturated rings. The van der Waals surface area contributed by atoms with E-state index in [1.807, 2.05) is 48.5 Å². The first-order valence-electron chi connectivity index (χ1n) is 8.74.